The summed E-state index contributed by atoms with van der Waals surface area (Å²) in [5.41, 5.74) is 2.33. The Hall–Kier alpha value is -2.05. The molecule has 3 rings (SSSR count). The van der Waals surface area contributed by atoms with Crippen LogP contribution in [0.1, 0.15) is 25.3 Å². The van der Waals surface area contributed by atoms with Crippen molar-refractivity contribution in [3.63, 3.8) is 0 Å². The minimum absolute atomic E-state index is 0.0791. The Morgan fingerprint density at radius 2 is 1.92 bits per heavy atom. The van der Waals surface area contributed by atoms with E-state index in [0.717, 1.165) is 24.1 Å². The zero-order valence-corrected chi connectivity index (χ0v) is 15.4. The number of benzene rings is 2. The van der Waals surface area contributed by atoms with Gasteiger partial charge in [0.15, 0.2) is 0 Å². The van der Waals surface area contributed by atoms with Crippen LogP contribution in [0.3, 0.4) is 0 Å². The minimum Gasteiger partial charge on any atom is -0.312 e. The first-order valence-corrected chi connectivity index (χ1v) is 9.98. The van der Waals surface area contributed by atoms with Gasteiger partial charge in [0.25, 0.3) is 10.0 Å². The number of anilines is 2. The second kappa shape index (κ2) is 7.06. The number of hydrogen-bond acceptors (Lipinski definition) is 3. The molecular weight excluding hydrogens is 360 g/mol. The van der Waals surface area contributed by atoms with Gasteiger partial charge in [-0.1, -0.05) is 18.5 Å². The average Bonchev–Trinajstić information content (AvgIpc) is 2.60. The molecule has 1 amide bonds. The quantitative estimate of drug-likeness (QED) is 0.879. The van der Waals surface area contributed by atoms with Gasteiger partial charge in [0.1, 0.15) is 0 Å². The Labute approximate surface area is 152 Å². The minimum atomic E-state index is -3.68. The molecule has 1 aliphatic rings. The van der Waals surface area contributed by atoms with Gasteiger partial charge in [0, 0.05) is 29.4 Å². The fourth-order valence-electron chi connectivity index (χ4n) is 2.94. The maximum absolute atomic E-state index is 12.5. The maximum Gasteiger partial charge on any atom is 0.261 e. The van der Waals surface area contributed by atoms with Crippen molar-refractivity contribution in [1.82, 2.24) is 0 Å². The lowest BCUT2D eigenvalue weighted by Crippen LogP contribution is -2.34. The van der Waals surface area contributed by atoms with Crippen LogP contribution in [0, 0.1) is 0 Å². The van der Waals surface area contributed by atoms with Gasteiger partial charge in [0.05, 0.1) is 4.90 Å². The van der Waals surface area contributed by atoms with Gasteiger partial charge in [0.2, 0.25) is 5.91 Å². The predicted octanol–water partition coefficient (Wildman–Crippen LogP) is 3.83. The zero-order chi connectivity index (χ0) is 18.0. The summed E-state index contributed by atoms with van der Waals surface area (Å²) in [5, 5.41) is 0.480. The molecule has 0 radical (unpaired) electrons. The van der Waals surface area contributed by atoms with E-state index in [2.05, 4.69) is 4.72 Å². The second-order valence-corrected chi connectivity index (χ2v) is 8.02. The van der Waals surface area contributed by atoms with Crippen molar-refractivity contribution < 1.29 is 13.2 Å². The van der Waals surface area contributed by atoms with Crippen molar-refractivity contribution in [3.05, 3.63) is 53.1 Å². The molecule has 0 saturated carbocycles. The first kappa shape index (κ1) is 17.8. The molecule has 0 spiro atoms. The summed E-state index contributed by atoms with van der Waals surface area (Å²) in [4.78, 5) is 14.0. The van der Waals surface area contributed by atoms with Crippen LogP contribution in [0.2, 0.25) is 5.02 Å². The van der Waals surface area contributed by atoms with Crippen molar-refractivity contribution in [2.45, 2.75) is 31.1 Å². The molecule has 0 atom stereocenters. The number of carbonyl (C=O) groups excluding carboxylic acids is 1. The first-order chi connectivity index (χ1) is 11.9. The van der Waals surface area contributed by atoms with E-state index in [-0.39, 0.29) is 10.8 Å². The number of nitrogens with zero attached hydrogens (tertiary/aromatic N) is 1. The lowest BCUT2D eigenvalue weighted by Gasteiger charge is -2.29. The lowest BCUT2D eigenvalue weighted by atomic mass is 10.0. The van der Waals surface area contributed by atoms with Crippen molar-refractivity contribution in [3.8, 4) is 0 Å². The summed E-state index contributed by atoms with van der Waals surface area (Å²) < 4.78 is 27.6. The number of halogens is 1. The van der Waals surface area contributed by atoms with Crippen LogP contribution in [-0.2, 0) is 21.2 Å². The number of aryl methyl sites for hydroxylation is 1. The summed E-state index contributed by atoms with van der Waals surface area (Å²) in [5.74, 6) is 0.0791. The van der Waals surface area contributed by atoms with Gasteiger partial charge in [-0.3, -0.25) is 9.52 Å². The standard InChI is InChI=1S/C18H19ClN2O3S/c1-2-18(22)21-11-3-4-13-12-15(7-10-17(13)21)20-25(23,24)16-8-5-14(19)6-9-16/h5-10,12,20H,2-4,11H2,1H3. The summed E-state index contributed by atoms with van der Waals surface area (Å²) in [6, 6.07) is 11.3. The van der Waals surface area contributed by atoms with Gasteiger partial charge >= 0.3 is 0 Å². The number of carbonyl (C=O) groups is 1. The molecule has 0 bridgehead atoms. The second-order valence-electron chi connectivity index (χ2n) is 5.91. The molecule has 1 aliphatic heterocycles. The number of rotatable bonds is 4. The molecule has 0 unspecified atom stereocenters. The number of fused-ring (bicyclic) bond motifs is 1. The number of nitrogens with one attached hydrogen (secondary N) is 1. The molecule has 0 aromatic heterocycles. The van der Waals surface area contributed by atoms with E-state index in [4.69, 9.17) is 11.6 Å². The molecule has 0 fully saturated rings. The molecule has 2 aromatic carbocycles. The normalized spacial score (nSPS) is 14.1. The number of hydrogen-bond donors (Lipinski definition) is 1. The Kier molecular flexibility index (Phi) is 5.01. The highest BCUT2D eigenvalue weighted by atomic mass is 35.5. The van der Waals surface area contributed by atoms with Crippen molar-refractivity contribution >= 4 is 38.9 Å². The van der Waals surface area contributed by atoms with Crippen LogP contribution in [0.15, 0.2) is 47.4 Å². The van der Waals surface area contributed by atoms with Gasteiger partial charge in [-0.25, -0.2) is 8.42 Å². The van der Waals surface area contributed by atoms with Gasteiger partial charge < -0.3 is 4.90 Å². The molecular formula is C18H19ClN2O3S. The summed E-state index contributed by atoms with van der Waals surface area (Å²) in [6.07, 6.45) is 2.13. The Morgan fingerprint density at radius 3 is 2.60 bits per heavy atom. The highest BCUT2D eigenvalue weighted by Crippen LogP contribution is 2.31. The lowest BCUT2D eigenvalue weighted by molar-refractivity contribution is -0.118. The third-order valence-corrected chi connectivity index (χ3v) is 5.83. The topological polar surface area (TPSA) is 66.5 Å². The Balaban J connectivity index is 1.87. The summed E-state index contributed by atoms with van der Waals surface area (Å²) >= 11 is 5.81. The van der Waals surface area contributed by atoms with Crippen molar-refractivity contribution in [2.75, 3.05) is 16.2 Å². The monoisotopic (exact) mass is 378 g/mol. The molecule has 0 aliphatic carbocycles. The summed E-state index contributed by atoms with van der Waals surface area (Å²) in [7, 11) is -3.68. The van der Waals surface area contributed by atoms with Crippen LogP contribution in [0.25, 0.3) is 0 Å². The molecule has 5 nitrogen and oxygen atoms in total. The largest absolute Gasteiger partial charge is 0.312 e. The SMILES string of the molecule is CCC(=O)N1CCCc2cc(NS(=O)(=O)c3ccc(Cl)cc3)ccc21. The van der Waals surface area contributed by atoms with Crippen LogP contribution >= 0.6 is 11.6 Å². The van der Waals surface area contributed by atoms with Crippen LogP contribution in [-0.4, -0.2) is 20.9 Å². The van der Waals surface area contributed by atoms with E-state index in [9.17, 15) is 13.2 Å². The van der Waals surface area contributed by atoms with Crippen LogP contribution < -0.4 is 9.62 Å². The summed E-state index contributed by atoms with van der Waals surface area (Å²) in [6.45, 7) is 2.54. The van der Waals surface area contributed by atoms with E-state index in [1.165, 1.54) is 24.3 Å². The number of amides is 1. The molecule has 1 N–H and O–H groups in total. The van der Waals surface area contributed by atoms with E-state index in [1.54, 1.807) is 17.0 Å². The van der Waals surface area contributed by atoms with Crippen LogP contribution in [0.4, 0.5) is 11.4 Å². The van der Waals surface area contributed by atoms with E-state index in [0.29, 0.717) is 23.7 Å². The Bertz CT molecular complexity index is 895. The average molecular weight is 379 g/mol. The van der Waals surface area contributed by atoms with Crippen molar-refractivity contribution in [1.29, 1.82) is 0 Å². The van der Waals surface area contributed by atoms with E-state index < -0.39 is 10.0 Å². The molecule has 2 aromatic rings. The van der Waals surface area contributed by atoms with Crippen LogP contribution in [0.5, 0.6) is 0 Å². The first-order valence-electron chi connectivity index (χ1n) is 8.12. The predicted molar refractivity (Wildman–Crippen MR) is 99.7 cm³/mol. The third-order valence-electron chi connectivity index (χ3n) is 4.18. The molecule has 0 saturated heterocycles. The highest BCUT2D eigenvalue weighted by molar-refractivity contribution is 7.92. The maximum atomic E-state index is 12.5. The molecule has 25 heavy (non-hydrogen) atoms. The zero-order valence-electron chi connectivity index (χ0n) is 13.8. The van der Waals surface area contributed by atoms with Gasteiger partial charge in [-0.15, -0.1) is 0 Å². The smallest absolute Gasteiger partial charge is 0.261 e. The van der Waals surface area contributed by atoms with E-state index in [1.807, 2.05) is 13.0 Å². The molecule has 7 heteroatoms. The Morgan fingerprint density at radius 1 is 1.20 bits per heavy atom. The van der Waals surface area contributed by atoms with E-state index >= 15 is 0 Å². The fourth-order valence-corrected chi connectivity index (χ4v) is 4.11. The molecule has 1 heterocycles. The molecule has 132 valence electrons. The number of sulfonamides is 1. The van der Waals surface area contributed by atoms with Gasteiger partial charge in [-0.2, -0.15) is 0 Å². The third kappa shape index (κ3) is 3.80. The van der Waals surface area contributed by atoms with Crippen molar-refractivity contribution in [2.24, 2.45) is 0 Å². The van der Waals surface area contributed by atoms with Gasteiger partial charge in [-0.05, 0) is 60.9 Å². The fraction of sp³-hybridized carbons (Fsp3) is 0.278. The highest BCUT2D eigenvalue weighted by Gasteiger charge is 2.22.